The zero-order chi connectivity index (χ0) is 14.3. The third-order valence-corrected chi connectivity index (χ3v) is 2.99. The first-order chi connectivity index (χ1) is 9.10. The molecule has 0 fully saturated rings. The van der Waals surface area contributed by atoms with Crippen LogP contribution in [0, 0.1) is 0 Å². The normalized spacial score (nSPS) is 12.5. The SMILES string of the molecule is CCOc1nc(NC(C)CN(CC)CC)ccc1N. The molecule has 19 heavy (non-hydrogen) atoms. The Labute approximate surface area is 116 Å². The number of aromatic nitrogens is 1. The maximum absolute atomic E-state index is 5.81. The van der Waals surface area contributed by atoms with Gasteiger partial charge in [-0.2, -0.15) is 4.98 Å². The molecule has 0 aliphatic heterocycles. The van der Waals surface area contributed by atoms with Crippen molar-refractivity contribution in [3.05, 3.63) is 12.1 Å². The molecule has 0 spiro atoms. The van der Waals surface area contributed by atoms with E-state index in [2.05, 4.69) is 36.0 Å². The molecule has 3 N–H and O–H groups in total. The molecule has 0 amide bonds. The Morgan fingerprint density at radius 3 is 2.58 bits per heavy atom. The first-order valence-electron chi connectivity index (χ1n) is 6.98. The summed E-state index contributed by atoms with van der Waals surface area (Å²) >= 11 is 0. The largest absolute Gasteiger partial charge is 0.476 e. The average Bonchev–Trinajstić information content (AvgIpc) is 2.40. The van der Waals surface area contributed by atoms with Crippen molar-refractivity contribution < 1.29 is 4.74 Å². The molecule has 1 rings (SSSR count). The van der Waals surface area contributed by atoms with E-state index in [-0.39, 0.29) is 0 Å². The molecule has 108 valence electrons. The van der Waals surface area contributed by atoms with Crippen molar-refractivity contribution in [2.45, 2.75) is 33.7 Å². The number of hydrogen-bond acceptors (Lipinski definition) is 5. The monoisotopic (exact) mass is 266 g/mol. The number of nitrogen functional groups attached to an aromatic ring is 1. The summed E-state index contributed by atoms with van der Waals surface area (Å²) in [4.78, 5) is 6.76. The van der Waals surface area contributed by atoms with Gasteiger partial charge in [0, 0.05) is 12.6 Å². The minimum atomic E-state index is 0.325. The number of nitrogens with zero attached hydrogens (tertiary/aromatic N) is 2. The topological polar surface area (TPSA) is 63.4 Å². The van der Waals surface area contributed by atoms with Crippen LogP contribution in [0.5, 0.6) is 5.88 Å². The van der Waals surface area contributed by atoms with E-state index in [1.807, 2.05) is 19.1 Å². The molecule has 0 aliphatic carbocycles. The number of pyridine rings is 1. The summed E-state index contributed by atoms with van der Waals surface area (Å²) in [7, 11) is 0. The van der Waals surface area contributed by atoms with Gasteiger partial charge in [0.2, 0.25) is 5.88 Å². The van der Waals surface area contributed by atoms with Gasteiger partial charge >= 0.3 is 0 Å². The van der Waals surface area contributed by atoms with Crippen LogP contribution in [-0.2, 0) is 0 Å². The maximum Gasteiger partial charge on any atom is 0.239 e. The summed E-state index contributed by atoms with van der Waals surface area (Å²) in [6.45, 7) is 12.1. The van der Waals surface area contributed by atoms with E-state index in [9.17, 15) is 0 Å². The van der Waals surface area contributed by atoms with E-state index in [0.717, 1.165) is 25.5 Å². The zero-order valence-electron chi connectivity index (χ0n) is 12.4. The third-order valence-electron chi connectivity index (χ3n) is 2.99. The molecule has 1 aromatic heterocycles. The summed E-state index contributed by atoms with van der Waals surface area (Å²) in [5, 5.41) is 3.38. The summed E-state index contributed by atoms with van der Waals surface area (Å²) in [6, 6.07) is 4.03. The van der Waals surface area contributed by atoms with Crippen LogP contribution in [0.25, 0.3) is 0 Å². The maximum atomic E-state index is 5.81. The van der Waals surface area contributed by atoms with E-state index in [1.165, 1.54) is 0 Å². The van der Waals surface area contributed by atoms with Crippen LogP contribution in [-0.4, -0.2) is 42.2 Å². The Hall–Kier alpha value is -1.49. The van der Waals surface area contributed by atoms with Crippen LogP contribution in [0.2, 0.25) is 0 Å². The second-order valence-electron chi connectivity index (χ2n) is 4.56. The van der Waals surface area contributed by atoms with Crippen LogP contribution in [0.1, 0.15) is 27.7 Å². The quantitative estimate of drug-likeness (QED) is 0.755. The molecule has 0 aromatic carbocycles. The van der Waals surface area contributed by atoms with Crippen LogP contribution in [0.3, 0.4) is 0 Å². The van der Waals surface area contributed by atoms with Gasteiger partial charge in [-0.15, -0.1) is 0 Å². The highest BCUT2D eigenvalue weighted by Crippen LogP contribution is 2.21. The highest BCUT2D eigenvalue weighted by molar-refractivity contribution is 5.53. The molecule has 0 aliphatic rings. The molecule has 0 bridgehead atoms. The number of likely N-dealkylation sites (N-methyl/N-ethyl adjacent to an activating group) is 1. The lowest BCUT2D eigenvalue weighted by Gasteiger charge is -2.23. The number of hydrogen-bond donors (Lipinski definition) is 2. The van der Waals surface area contributed by atoms with Crippen molar-refractivity contribution in [1.29, 1.82) is 0 Å². The molecular weight excluding hydrogens is 240 g/mol. The second kappa shape index (κ2) is 7.84. The average molecular weight is 266 g/mol. The standard InChI is InChI=1S/C14H26N4O/c1-5-18(6-2)10-11(4)16-13-9-8-12(15)14(17-13)19-7-3/h8-9,11H,5-7,10,15H2,1-4H3,(H,16,17). The van der Waals surface area contributed by atoms with Gasteiger partial charge in [0.25, 0.3) is 0 Å². The molecule has 0 saturated heterocycles. The van der Waals surface area contributed by atoms with Gasteiger partial charge < -0.3 is 20.7 Å². The summed E-state index contributed by atoms with van der Waals surface area (Å²) in [6.07, 6.45) is 0. The van der Waals surface area contributed by atoms with E-state index in [1.54, 1.807) is 0 Å². The summed E-state index contributed by atoms with van der Waals surface area (Å²) < 4.78 is 5.40. The molecule has 1 unspecified atom stereocenters. The fourth-order valence-corrected chi connectivity index (χ4v) is 1.95. The smallest absolute Gasteiger partial charge is 0.239 e. The minimum absolute atomic E-state index is 0.325. The molecule has 5 nitrogen and oxygen atoms in total. The Morgan fingerprint density at radius 2 is 2.00 bits per heavy atom. The number of ether oxygens (including phenoxy) is 1. The number of anilines is 2. The van der Waals surface area contributed by atoms with Crippen LogP contribution >= 0.6 is 0 Å². The van der Waals surface area contributed by atoms with Crippen molar-refractivity contribution in [2.24, 2.45) is 0 Å². The second-order valence-corrected chi connectivity index (χ2v) is 4.56. The number of nitrogens with one attached hydrogen (secondary N) is 1. The first kappa shape index (κ1) is 15.6. The third kappa shape index (κ3) is 4.95. The molecule has 5 heteroatoms. The lowest BCUT2D eigenvalue weighted by Crippen LogP contribution is -2.34. The van der Waals surface area contributed by atoms with Crippen molar-refractivity contribution in [1.82, 2.24) is 9.88 Å². The first-order valence-corrected chi connectivity index (χ1v) is 6.98. The number of rotatable bonds is 8. The predicted molar refractivity (Wildman–Crippen MR) is 80.7 cm³/mol. The highest BCUT2D eigenvalue weighted by Gasteiger charge is 2.09. The Kier molecular flexibility index (Phi) is 6.42. The van der Waals surface area contributed by atoms with Crippen molar-refractivity contribution in [2.75, 3.05) is 37.3 Å². The number of nitrogens with two attached hydrogens (primary N) is 1. The molecular formula is C14H26N4O. The van der Waals surface area contributed by atoms with Crippen molar-refractivity contribution in [3.63, 3.8) is 0 Å². The van der Waals surface area contributed by atoms with Gasteiger partial charge in [-0.25, -0.2) is 0 Å². The van der Waals surface area contributed by atoms with Crippen molar-refractivity contribution in [3.8, 4) is 5.88 Å². The highest BCUT2D eigenvalue weighted by atomic mass is 16.5. The summed E-state index contributed by atoms with van der Waals surface area (Å²) in [5.41, 5.74) is 6.38. The van der Waals surface area contributed by atoms with Gasteiger partial charge in [-0.1, -0.05) is 13.8 Å². The lowest BCUT2D eigenvalue weighted by molar-refractivity contribution is 0.294. The lowest BCUT2D eigenvalue weighted by atomic mass is 10.3. The zero-order valence-corrected chi connectivity index (χ0v) is 12.4. The molecule has 1 heterocycles. The van der Waals surface area contributed by atoms with Gasteiger partial charge in [0.15, 0.2) is 0 Å². The van der Waals surface area contributed by atoms with E-state index in [4.69, 9.17) is 10.5 Å². The Morgan fingerprint density at radius 1 is 1.32 bits per heavy atom. The van der Waals surface area contributed by atoms with Gasteiger partial charge in [-0.3, -0.25) is 0 Å². The molecule has 0 radical (unpaired) electrons. The van der Waals surface area contributed by atoms with E-state index in [0.29, 0.717) is 24.2 Å². The van der Waals surface area contributed by atoms with Gasteiger partial charge in [0.05, 0.1) is 12.3 Å². The van der Waals surface area contributed by atoms with Crippen LogP contribution in [0.15, 0.2) is 12.1 Å². The molecule has 1 atom stereocenters. The van der Waals surface area contributed by atoms with Crippen LogP contribution < -0.4 is 15.8 Å². The fraction of sp³-hybridized carbons (Fsp3) is 0.643. The van der Waals surface area contributed by atoms with E-state index < -0.39 is 0 Å². The molecule has 0 saturated carbocycles. The van der Waals surface area contributed by atoms with Crippen molar-refractivity contribution >= 4 is 11.5 Å². The van der Waals surface area contributed by atoms with Gasteiger partial charge in [-0.05, 0) is 39.1 Å². The van der Waals surface area contributed by atoms with Crippen LogP contribution in [0.4, 0.5) is 11.5 Å². The predicted octanol–water partition coefficient (Wildman–Crippen LogP) is 2.20. The summed E-state index contributed by atoms with van der Waals surface area (Å²) in [5.74, 6) is 1.31. The Balaban J connectivity index is 2.63. The Bertz CT molecular complexity index is 380. The fourth-order valence-electron chi connectivity index (χ4n) is 1.95. The molecule has 1 aromatic rings. The van der Waals surface area contributed by atoms with E-state index >= 15 is 0 Å². The minimum Gasteiger partial charge on any atom is -0.476 e. The van der Waals surface area contributed by atoms with Gasteiger partial charge in [0.1, 0.15) is 5.82 Å².